The Bertz CT molecular complexity index is 724. The molecule has 0 bridgehead atoms. The summed E-state index contributed by atoms with van der Waals surface area (Å²) in [4.78, 5) is 49.2. The molecule has 3 heterocycles. The van der Waals surface area contributed by atoms with Crippen LogP contribution in [0.3, 0.4) is 0 Å². The number of nitrogens with zero attached hydrogens (tertiary/aromatic N) is 2. The van der Waals surface area contributed by atoms with Gasteiger partial charge < -0.3 is 9.47 Å². The summed E-state index contributed by atoms with van der Waals surface area (Å²) in [5.74, 6) is -0.858. The minimum Gasteiger partial charge on any atom is -0.338 e. The molecule has 3 rings (SSSR count). The first-order valence-electron chi connectivity index (χ1n) is 7.29. The summed E-state index contributed by atoms with van der Waals surface area (Å²) < 4.78 is 1.51. The maximum atomic E-state index is 12.5. The second-order valence-electron chi connectivity index (χ2n) is 5.85. The predicted octanol–water partition coefficient (Wildman–Crippen LogP) is -0.253. The van der Waals surface area contributed by atoms with Crippen LogP contribution in [-0.2, 0) is 16.1 Å². The lowest BCUT2D eigenvalue weighted by Crippen LogP contribution is -2.37. The molecule has 2 aliphatic heterocycles. The smallest absolute Gasteiger partial charge is 0.254 e. The molecule has 1 aromatic rings. The summed E-state index contributed by atoms with van der Waals surface area (Å²) in [6.07, 6.45) is 2.20. The number of pyridine rings is 1. The Morgan fingerprint density at radius 3 is 2.73 bits per heavy atom. The molecule has 22 heavy (non-hydrogen) atoms. The molecule has 0 saturated carbocycles. The molecule has 0 aliphatic carbocycles. The number of hydrogen-bond acceptors (Lipinski definition) is 4. The summed E-state index contributed by atoms with van der Waals surface area (Å²) in [7, 11) is 0. The van der Waals surface area contributed by atoms with Crippen LogP contribution >= 0.6 is 0 Å². The number of likely N-dealkylation sites (tertiary alicyclic amines) is 1. The fourth-order valence-corrected chi connectivity index (χ4v) is 3.15. The number of aromatic nitrogens is 1. The zero-order valence-electron chi connectivity index (χ0n) is 12.3. The van der Waals surface area contributed by atoms with Gasteiger partial charge in [-0.25, -0.2) is 0 Å². The molecule has 1 N–H and O–H groups in total. The van der Waals surface area contributed by atoms with Crippen LogP contribution in [0.2, 0.25) is 0 Å². The molecule has 2 aliphatic rings. The van der Waals surface area contributed by atoms with Crippen molar-refractivity contribution in [3.8, 4) is 0 Å². The van der Waals surface area contributed by atoms with Crippen LogP contribution in [0.4, 0.5) is 0 Å². The summed E-state index contributed by atoms with van der Waals surface area (Å²) >= 11 is 0. The number of carbonyl (C=O) groups excluding carboxylic acids is 3. The van der Waals surface area contributed by atoms with Crippen LogP contribution in [0.15, 0.2) is 23.1 Å². The second kappa shape index (κ2) is 5.08. The van der Waals surface area contributed by atoms with Gasteiger partial charge in [-0.05, 0) is 19.4 Å². The van der Waals surface area contributed by atoms with Gasteiger partial charge in [0.25, 0.3) is 11.5 Å². The number of hydrogen-bond donors (Lipinski definition) is 1. The van der Waals surface area contributed by atoms with Crippen molar-refractivity contribution in [2.45, 2.75) is 26.3 Å². The van der Waals surface area contributed by atoms with Crippen molar-refractivity contribution >= 4 is 17.7 Å². The Labute approximate surface area is 126 Å². The van der Waals surface area contributed by atoms with E-state index in [2.05, 4.69) is 5.32 Å². The minimum absolute atomic E-state index is 0.132. The molecular formula is C15H17N3O4. The first kappa shape index (κ1) is 14.5. The largest absolute Gasteiger partial charge is 0.338 e. The molecule has 1 unspecified atom stereocenters. The third kappa shape index (κ3) is 2.22. The maximum absolute atomic E-state index is 12.5. The highest BCUT2D eigenvalue weighted by Crippen LogP contribution is 2.37. The van der Waals surface area contributed by atoms with Crippen LogP contribution < -0.4 is 10.9 Å². The maximum Gasteiger partial charge on any atom is 0.254 e. The highest BCUT2D eigenvalue weighted by Gasteiger charge is 2.51. The van der Waals surface area contributed by atoms with Gasteiger partial charge in [-0.2, -0.15) is 0 Å². The van der Waals surface area contributed by atoms with Gasteiger partial charge in [-0.15, -0.1) is 0 Å². The van der Waals surface area contributed by atoms with Crippen LogP contribution in [0.25, 0.3) is 0 Å². The lowest BCUT2D eigenvalue weighted by Gasteiger charge is -2.20. The molecule has 2 fully saturated rings. The summed E-state index contributed by atoms with van der Waals surface area (Å²) in [5, 5.41) is 2.30. The van der Waals surface area contributed by atoms with Crippen molar-refractivity contribution in [2.24, 2.45) is 5.41 Å². The summed E-state index contributed by atoms with van der Waals surface area (Å²) in [6.45, 7) is 3.03. The first-order chi connectivity index (χ1) is 10.4. The third-order valence-electron chi connectivity index (χ3n) is 4.46. The van der Waals surface area contributed by atoms with Crippen LogP contribution in [-0.4, -0.2) is 40.3 Å². The molecule has 116 valence electrons. The van der Waals surface area contributed by atoms with Crippen LogP contribution in [0.5, 0.6) is 0 Å². The van der Waals surface area contributed by atoms with E-state index in [1.165, 1.54) is 10.6 Å². The van der Waals surface area contributed by atoms with E-state index in [0.29, 0.717) is 25.1 Å². The highest BCUT2D eigenvalue weighted by atomic mass is 16.2. The second-order valence-corrected chi connectivity index (χ2v) is 5.85. The molecule has 1 aromatic heterocycles. The molecular weight excluding hydrogens is 286 g/mol. The Morgan fingerprint density at radius 1 is 1.36 bits per heavy atom. The van der Waals surface area contributed by atoms with E-state index in [1.807, 2.05) is 6.92 Å². The molecule has 3 amide bonds. The minimum atomic E-state index is -0.787. The van der Waals surface area contributed by atoms with E-state index in [-0.39, 0.29) is 36.2 Å². The molecule has 7 nitrogen and oxygen atoms in total. The monoisotopic (exact) mass is 303 g/mol. The molecule has 2 saturated heterocycles. The van der Waals surface area contributed by atoms with Crippen molar-refractivity contribution < 1.29 is 14.4 Å². The molecule has 1 atom stereocenters. The van der Waals surface area contributed by atoms with Gasteiger partial charge in [-0.1, -0.05) is 0 Å². The number of carbonyl (C=O) groups is 3. The lowest BCUT2D eigenvalue weighted by molar-refractivity contribution is -0.128. The van der Waals surface area contributed by atoms with E-state index < -0.39 is 5.41 Å². The quantitative estimate of drug-likeness (QED) is 0.763. The fraction of sp³-hybridized carbons (Fsp3) is 0.467. The van der Waals surface area contributed by atoms with Crippen LogP contribution in [0, 0.1) is 5.41 Å². The van der Waals surface area contributed by atoms with E-state index in [9.17, 15) is 19.2 Å². The van der Waals surface area contributed by atoms with Crippen molar-refractivity contribution in [2.75, 3.05) is 13.1 Å². The number of aryl methyl sites for hydroxylation is 1. The molecule has 0 aromatic carbocycles. The van der Waals surface area contributed by atoms with Crippen molar-refractivity contribution in [3.63, 3.8) is 0 Å². The van der Waals surface area contributed by atoms with Gasteiger partial charge in [0.15, 0.2) is 0 Å². The summed E-state index contributed by atoms with van der Waals surface area (Å²) in [6, 6.07) is 2.93. The molecule has 7 heteroatoms. The predicted molar refractivity (Wildman–Crippen MR) is 77.1 cm³/mol. The fourth-order valence-electron chi connectivity index (χ4n) is 3.15. The molecule has 0 radical (unpaired) electrons. The van der Waals surface area contributed by atoms with Gasteiger partial charge in [-0.3, -0.25) is 24.5 Å². The average molecular weight is 303 g/mol. The number of nitrogens with one attached hydrogen (secondary N) is 1. The van der Waals surface area contributed by atoms with Crippen molar-refractivity contribution in [1.82, 2.24) is 14.8 Å². The standard InChI is InChI=1S/C15H17N3O4/c1-2-17-5-3-10(7-12(17)20)13(21)18-6-4-15(9-18)8-11(19)16-14(15)22/h3,5,7H,2,4,6,8-9H2,1H3,(H,16,19,22). The van der Waals surface area contributed by atoms with E-state index in [0.717, 1.165) is 0 Å². The van der Waals surface area contributed by atoms with Gasteiger partial charge in [0, 0.05) is 43.9 Å². The number of imide groups is 1. The highest BCUT2D eigenvalue weighted by molar-refractivity contribution is 6.06. The van der Waals surface area contributed by atoms with Gasteiger partial charge in [0.05, 0.1) is 5.41 Å². The zero-order chi connectivity index (χ0) is 15.9. The normalized spacial score (nSPS) is 24.1. The third-order valence-corrected chi connectivity index (χ3v) is 4.46. The molecule has 1 spiro atoms. The topological polar surface area (TPSA) is 88.5 Å². The lowest BCUT2D eigenvalue weighted by atomic mass is 9.85. The van der Waals surface area contributed by atoms with Gasteiger partial charge in [0.1, 0.15) is 0 Å². The van der Waals surface area contributed by atoms with E-state index >= 15 is 0 Å². The summed E-state index contributed by atoms with van der Waals surface area (Å²) in [5.41, 5.74) is -0.696. The zero-order valence-corrected chi connectivity index (χ0v) is 12.3. The van der Waals surface area contributed by atoms with Crippen molar-refractivity contribution in [3.05, 3.63) is 34.2 Å². The van der Waals surface area contributed by atoms with E-state index in [4.69, 9.17) is 0 Å². The number of amides is 3. The van der Waals surface area contributed by atoms with E-state index in [1.54, 1.807) is 17.2 Å². The van der Waals surface area contributed by atoms with Gasteiger partial charge in [0.2, 0.25) is 11.8 Å². The van der Waals surface area contributed by atoms with Gasteiger partial charge >= 0.3 is 0 Å². The Morgan fingerprint density at radius 2 is 2.14 bits per heavy atom. The average Bonchev–Trinajstić information content (AvgIpc) is 3.02. The Kier molecular flexibility index (Phi) is 3.35. The number of rotatable bonds is 2. The van der Waals surface area contributed by atoms with Crippen molar-refractivity contribution in [1.29, 1.82) is 0 Å². The Hall–Kier alpha value is -2.44. The SMILES string of the molecule is CCn1ccc(C(=O)N2CCC3(CC(=O)NC3=O)C2)cc1=O. The first-order valence-corrected chi connectivity index (χ1v) is 7.29. The Balaban J connectivity index is 1.80. The van der Waals surface area contributed by atoms with Crippen LogP contribution in [0.1, 0.15) is 30.1 Å².